The first-order valence-corrected chi connectivity index (χ1v) is 25.1. The predicted octanol–water partition coefficient (Wildman–Crippen LogP) is 5.92. The number of H-pyrrole nitrogens is 1. The van der Waals surface area contributed by atoms with Crippen LogP contribution in [0.4, 0.5) is 0 Å². The maximum atomic E-state index is 14.5. The summed E-state index contributed by atoms with van der Waals surface area (Å²) in [5, 5.41) is 26.4. The zero-order valence-corrected chi connectivity index (χ0v) is 45.8. The summed E-state index contributed by atoms with van der Waals surface area (Å²) in [4.78, 5) is 85.2. The van der Waals surface area contributed by atoms with Crippen molar-refractivity contribution in [1.82, 2.24) is 40.2 Å². The molecule has 0 radical (unpaired) electrons. The third-order valence-electron chi connectivity index (χ3n) is 14.7. The van der Waals surface area contributed by atoms with E-state index in [1.165, 1.54) is 0 Å². The molecule has 4 aromatic carbocycles. The number of aromatic nitrogens is 2. The van der Waals surface area contributed by atoms with Crippen molar-refractivity contribution < 1.29 is 29.4 Å². The minimum atomic E-state index is -0.725. The molecule has 4 atom stereocenters. The number of rotatable bonds is 18. The quantitative estimate of drug-likeness (QED) is 0.0659. The molecule has 1 aromatic heterocycles. The van der Waals surface area contributed by atoms with Gasteiger partial charge in [-0.15, -0.1) is 24.8 Å². The second kappa shape index (κ2) is 25.8. The van der Waals surface area contributed by atoms with Crippen LogP contribution in [0, 0.1) is 34.6 Å². The number of likely N-dealkylation sites (N-methyl/N-ethyl adjacent to an activating group) is 2. The van der Waals surface area contributed by atoms with Gasteiger partial charge in [-0.3, -0.25) is 38.8 Å². The lowest BCUT2D eigenvalue weighted by atomic mass is 9.91. The standard InChI is InChI=1S/C57H72N8O7.2ClH/c1-34-24-43(66)25-35(2)45(34)30-51(62(6)7)56(71)64-32-41-18-12-10-16-39(41)28-49(64)54(69)58-22-14-20-47-38(5)60-48(53(68)61-47)21-15-23-59-55(70)50-29-40-17-11-13-19-42(40)33-65(50)57(72)52(63(8)9)31-46-36(3)26-44(67)27-37(46)4;;/h10-13,16-19,24-27,49-52,66-67H,14-15,20-23,28-33H2,1-9H3,(H,58,69)(H,59,70)(H,61,68);2*1H/t49-,50-,51-,52-;;/m0../s1. The van der Waals surface area contributed by atoms with Crippen LogP contribution in [0.25, 0.3) is 0 Å². The van der Waals surface area contributed by atoms with Gasteiger partial charge in [0.1, 0.15) is 29.3 Å². The van der Waals surface area contributed by atoms with Gasteiger partial charge in [-0.2, -0.15) is 0 Å². The van der Waals surface area contributed by atoms with Crippen LogP contribution in [0.15, 0.2) is 77.6 Å². The highest BCUT2D eigenvalue weighted by Crippen LogP contribution is 2.30. The molecule has 0 saturated carbocycles. The van der Waals surface area contributed by atoms with Crippen LogP contribution in [-0.2, 0) is 70.8 Å². The maximum absolute atomic E-state index is 14.5. The highest BCUT2D eigenvalue weighted by atomic mass is 35.5. The number of carbonyl (C=O) groups is 4. The fraction of sp³-hybridized carbons (Fsp3) is 0.439. The minimum absolute atomic E-state index is 0. The van der Waals surface area contributed by atoms with E-state index in [1.54, 1.807) is 34.1 Å². The van der Waals surface area contributed by atoms with E-state index in [0.29, 0.717) is 88.1 Å². The zero-order valence-electron chi connectivity index (χ0n) is 44.2. The molecule has 0 fully saturated rings. The van der Waals surface area contributed by atoms with E-state index in [9.17, 15) is 34.2 Å². The Hall–Kier alpha value is -6.26. The van der Waals surface area contributed by atoms with Crippen LogP contribution in [0.5, 0.6) is 11.5 Å². The SMILES string of the molecule is Cc1cc(O)cc(C)c1C[C@@H](C(=O)N1Cc2ccccc2C[C@H]1C(=O)NCCCc1[nH]c(=O)c(CCCNC(=O)[C@@H]2Cc3ccccc3CN2C(=O)[C@H](Cc2c(C)cc(O)cc2C)N(C)C)nc1C)N(C)C.Cl.Cl. The van der Waals surface area contributed by atoms with Gasteiger partial charge in [-0.05, 0) is 181 Å². The third-order valence-corrected chi connectivity index (χ3v) is 14.7. The molecule has 2 aliphatic rings. The number of nitrogens with zero attached hydrogens (tertiary/aromatic N) is 5. The van der Waals surface area contributed by atoms with Gasteiger partial charge in [0.15, 0.2) is 0 Å². The summed E-state index contributed by atoms with van der Waals surface area (Å²) in [6, 6.07) is 20.1. The first-order valence-electron chi connectivity index (χ1n) is 25.1. The summed E-state index contributed by atoms with van der Waals surface area (Å²) >= 11 is 0. The van der Waals surface area contributed by atoms with Crippen molar-refractivity contribution in [3.8, 4) is 11.5 Å². The molecule has 7 rings (SSSR count). The summed E-state index contributed by atoms with van der Waals surface area (Å²) in [6.45, 7) is 10.8. The van der Waals surface area contributed by atoms with E-state index in [1.807, 2.05) is 121 Å². The molecule has 3 heterocycles. The molecule has 4 amide bonds. The Morgan fingerprint density at radius 2 is 1.01 bits per heavy atom. The normalized spacial score (nSPS) is 15.8. The number of phenolic OH excluding ortho intramolecular Hbond substituents is 2. The van der Waals surface area contributed by atoms with Crippen molar-refractivity contribution in [1.29, 1.82) is 0 Å². The van der Waals surface area contributed by atoms with Crippen LogP contribution in [0.2, 0.25) is 0 Å². The molecule has 74 heavy (non-hydrogen) atoms. The molecule has 398 valence electrons. The Labute approximate surface area is 448 Å². The highest BCUT2D eigenvalue weighted by molar-refractivity contribution is 5.92. The van der Waals surface area contributed by atoms with Crippen molar-refractivity contribution in [2.75, 3.05) is 41.3 Å². The number of aromatic amines is 1. The summed E-state index contributed by atoms with van der Waals surface area (Å²) in [7, 11) is 7.48. The van der Waals surface area contributed by atoms with E-state index >= 15 is 0 Å². The first-order chi connectivity index (χ1) is 34.3. The lowest BCUT2D eigenvalue weighted by molar-refractivity contribution is -0.145. The number of amides is 4. The van der Waals surface area contributed by atoms with Gasteiger partial charge in [0, 0.05) is 44.7 Å². The topological polar surface area (TPSA) is 192 Å². The summed E-state index contributed by atoms with van der Waals surface area (Å²) in [5.41, 5.74) is 11.1. The van der Waals surface area contributed by atoms with E-state index < -0.39 is 24.2 Å². The number of halogens is 2. The number of hydrogen-bond donors (Lipinski definition) is 5. The zero-order chi connectivity index (χ0) is 52.0. The Kier molecular flexibility index (Phi) is 20.4. The first kappa shape index (κ1) is 58.6. The lowest BCUT2D eigenvalue weighted by Gasteiger charge is -2.39. The molecule has 5 N–H and O–H groups in total. The number of phenols is 2. The summed E-state index contributed by atoms with van der Waals surface area (Å²) in [6.07, 6.45) is 3.41. The van der Waals surface area contributed by atoms with E-state index in [2.05, 4.69) is 20.6 Å². The Balaban J connectivity index is 0.00000507. The fourth-order valence-electron chi connectivity index (χ4n) is 10.5. The molecule has 0 aliphatic carbocycles. The third kappa shape index (κ3) is 13.7. The van der Waals surface area contributed by atoms with E-state index in [-0.39, 0.29) is 72.0 Å². The Morgan fingerprint density at radius 1 is 0.635 bits per heavy atom. The molecule has 2 aliphatic heterocycles. The molecule has 15 nitrogen and oxygen atoms in total. The molecule has 0 saturated heterocycles. The number of aromatic hydroxyl groups is 2. The second-order valence-corrected chi connectivity index (χ2v) is 20.3. The second-order valence-electron chi connectivity index (χ2n) is 20.3. The lowest BCUT2D eigenvalue weighted by Crippen LogP contribution is -2.57. The molecule has 0 unspecified atom stereocenters. The Bertz CT molecular complexity index is 2840. The predicted molar refractivity (Wildman–Crippen MR) is 293 cm³/mol. The van der Waals surface area contributed by atoms with Gasteiger partial charge in [0.05, 0.1) is 17.8 Å². The Morgan fingerprint density at radius 3 is 1.41 bits per heavy atom. The van der Waals surface area contributed by atoms with Crippen molar-refractivity contribution in [2.24, 2.45) is 0 Å². The number of benzene rings is 4. The van der Waals surface area contributed by atoms with Crippen LogP contribution >= 0.6 is 24.8 Å². The minimum Gasteiger partial charge on any atom is -0.508 e. The van der Waals surface area contributed by atoms with E-state index in [0.717, 1.165) is 55.6 Å². The highest BCUT2D eigenvalue weighted by Gasteiger charge is 2.40. The van der Waals surface area contributed by atoms with Crippen LogP contribution < -0.4 is 16.2 Å². The van der Waals surface area contributed by atoms with Gasteiger partial charge in [0.25, 0.3) is 5.56 Å². The molecule has 0 bridgehead atoms. The molecule has 17 heteroatoms. The van der Waals surface area contributed by atoms with Gasteiger partial charge in [-0.25, -0.2) is 0 Å². The van der Waals surface area contributed by atoms with Gasteiger partial charge in [0.2, 0.25) is 23.6 Å². The number of aryl methyl sites for hydroxylation is 7. The number of hydrogen-bond acceptors (Lipinski definition) is 10. The molecular weight excluding hydrogens is 980 g/mol. The van der Waals surface area contributed by atoms with Crippen molar-refractivity contribution in [3.63, 3.8) is 0 Å². The van der Waals surface area contributed by atoms with Crippen molar-refractivity contribution in [3.05, 3.63) is 156 Å². The number of carbonyl (C=O) groups excluding carboxylic acids is 4. The smallest absolute Gasteiger partial charge is 0.269 e. The van der Waals surface area contributed by atoms with Crippen LogP contribution in [-0.4, -0.2) is 129 Å². The van der Waals surface area contributed by atoms with Gasteiger partial charge < -0.3 is 35.6 Å². The van der Waals surface area contributed by atoms with E-state index in [4.69, 9.17) is 0 Å². The van der Waals surface area contributed by atoms with Crippen molar-refractivity contribution in [2.45, 2.75) is 123 Å². The molecule has 5 aromatic rings. The average molecular weight is 1050 g/mol. The summed E-state index contributed by atoms with van der Waals surface area (Å²) in [5.74, 6) is -0.409. The number of nitrogens with one attached hydrogen (secondary N) is 3. The number of fused-ring (bicyclic) bond motifs is 2. The molecular formula is C57H74Cl2N8O7. The summed E-state index contributed by atoms with van der Waals surface area (Å²) < 4.78 is 0. The monoisotopic (exact) mass is 1050 g/mol. The molecule has 0 spiro atoms. The maximum Gasteiger partial charge on any atom is 0.269 e. The van der Waals surface area contributed by atoms with Gasteiger partial charge in [-0.1, -0.05) is 48.5 Å². The van der Waals surface area contributed by atoms with Crippen LogP contribution in [0.3, 0.4) is 0 Å². The van der Waals surface area contributed by atoms with Crippen molar-refractivity contribution >= 4 is 48.4 Å². The fourth-order valence-corrected chi connectivity index (χ4v) is 10.5. The van der Waals surface area contributed by atoms with Gasteiger partial charge >= 0.3 is 0 Å². The largest absolute Gasteiger partial charge is 0.508 e. The average Bonchev–Trinajstić information content (AvgIpc) is 3.33. The van der Waals surface area contributed by atoms with Crippen LogP contribution in [0.1, 0.15) is 85.6 Å².